The fourth-order valence-electron chi connectivity index (χ4n) is 1.49. The highest BCUT2D eigenvalue weighted by Crippen LogP contribution is 2.19. The first-order chi connectivity index (χ1) is 8.69. The van der Waals surface area contributed by atoms with Gasteiger partial charge in [0.2, 0.25) is 0 Å². The molecule has 18 heavy (non-hydrogen) atoms. The Kier molecular flexibility index (Phi) is 3.54. The first-order valence-corrected chi connectivity index (χ1v) is 5.34. The van der Waals surface area contributed by atoms with Crippen LogP contribution in [0.2, 0.25) is 0 Å². The molecule has 0 saturated carbocycles. The van der Waals surface area contributed by atoms with Gasteiger partial charge in [-0.2, -0.15) is 5.10 Å². The van der Waals surface area contributed by atoms with Crippen molar-refractivity contribution in [3.8, 4) is 0 Å². The van der Waals surface area contributed by atoms with Crippen molar-refractivity contribution in [1.82, 2.24) is 9.78 Å². The summed E-state index contributed by atoms with van der Waals surface area (Å²) >= 11 is 0. The molecular formula is C11H12N4O3. The van der Waals surface area contributed by atoms with Crippen LogP contribution in [0.4, 0.5) is 17.1 Å². The maximum absolute atomic E-state index is 10.5. The molecule has 1 aromatic carbocycles. The minimum atomic E-state index is -0.441. The van der Waals surface area contributed by atoms with E-state index in [0.717, 1.165) is 11.4 Å². The van der Waals surface area contributed by atoms with Gasteiger partial charge < -0.3 is 10.4 Å². The molecule has 0 spiro atoms. The van der Waals surface area contributed by atoms with E-state index >= 15 is 0 Å². The van der Waals surface area contributed by atoms with Crippen LogP contribution >= 0.6 is 0 Å². The van der Waals surface area contributed by atoms with Crippen molar-refractivity contribution in [2.45, 2.75) is 6.54 Å². The van der Waals surface area contributed by atoms with E-state index in [2.05, 4.69) is 10.4 Å². The van der Waals surface area contributed by atoms with Gasteiger partial charge >= 0.3 is 0 Å². The second-order valence-corrected chi connectivity index (χ2v) is 3.64. The van der Waals surface area contributed by atoms with Gasteiger partial charge in [-0.25, -0.2) is 0 Å². The lowest BCUT2D eigenvalue weighted by molar-refractivity contribution is -0.384. The number of hydrogen-bond acceptors (Lipinski definition) is 5. The van der Waals surface area contributed by atoms with E-state index in [9.17, 15) is 10.1 Å². The zero-order valence-corrected chi connectivity index (χ0v) is 9.48. The summed E-state index contributed by atoms with van der Waals surface area (Å²) in [7, 11) is 0. The molecule has 0 aliphatic rings. The number of anilines is 2. The molecule has 94 valence electrons. The number of nitro benzene ring substituents is 1. The number of rotatable bonds is 5. The van der Waals surface area contributed by atoms with Gasteiger partial charge in [-0.15, -0.1) is 0 Å². The number of nitrogens with one attached hydrogen (secondary N) is 1. The van der Waals surface area contributed by atoms with Crippen LogP contribution in [0.5, 0.6) is 0 Å². The summed E-state index contributed by atoms with van der Waals surface area (Å²) in [5, 5.41) is 26.3. The summed E-state index contributed by atoms with van der Waals surface area (Å²) in [5.41, 5.74) is 1.55. The van der Waals surface area contributed by atoms with Crippen LogP contribution in [0.25, 0.3) is 0 Å². The number of nitrogens with zero attached hydrogens (tertiary/aromatic N) is 3. The van der Waals surface area contributed by atoms with Gasteiger partial charge in [0.15, 0.2) is 0 Å². The van der Waals surface area contributed by atoms with Gasteiger partial charge in [0.1, 0.15) is 0 Å². The van der Waals surface area contributed by atoms with E-state index in [4.69, 9.17) is 5.11 Å². The second-order valence-electron chi connectivity index (χ2n) is 3.64. The molecule has 1 aromatic heterocycles. The third-order valence-corrected chi connectivity index (χ3v) is 2.33. The molecule has 0 amide bonds. The van der Waals surface area contributed by atoms with Crippen molar-refractivity contribution in [1.29, 1.82) is 0 Å². The highest BCUT2D eigenvalue weighted by Gasteiger charge is 2.04. The molecule has 0 radical (unpaired) electrons. The van der Waals surface area contributed by atoms with Gasteiger partial charge in [-0.3, -0.25) is 14.8 Å². The van der Waals surface area contributed by atoms with E-state index in [1.54, 1.807) is 29.2 Å². The molecule has 1 heterocycles. The number of benzene rings is 1. The third-order valence-electron chi connectivity index (χ3n) is 2.33. The van der Waals surface area contributed by atoms with Crippen LogP contribution in [-0.4, -0.2) is 26.4 Å². The molecule has 0 saturated heterocycles. The fourth-order valence-corrected chi connectivity index (χ4v) is 1.49. The standard InChI is InChI=1S/C11H12N4O3/c16-6-5-14-8-10(7-12-14)13-9-1-3-11(4-2-9)15(17)18/h1-4,7-8,13,16H,5-6H2. The Morgan fingerprint density at radius 3 is 2.67 bits per heavy atom. The van der Waals surface area contributed by atoms with Gasteiger partial charge in [0.25, 0.3) is 5.69 Å². The summed E-state index contributed by atoms with van der Waals surface area (Å²) in [5.74, 6) is 0. The number of non-ortho nitro benzene ring substituents is 1. The molecule has 0 aliphatic heterocycles. The Morgan fingerprint density at radius 2 is 2.06 bits per heavy atom. The van der Waals surface area contributed by atoms with Gasteiger partial charge in [0.05, 0.1) is 30.0 Å². The first-order valence-electron chi connectivity index (χ1n) is 5.34. The van der Waals surface area contributed by atoms with Crippen molar-refractivity contribution in [2.24, 2.45) is 0 Å². The normalized spacial score (nSPS) is 10.3. The maximum atomic E-state index is 10.5. The first kappa shape index (κ1) is 12.1. The smallest absolute Gasteiger partial charge is 0.269 e. The van der Waals surface area contributed by atoms with E-state index < -0.39 is 4.92 Å². The molecule has 0 aliphatic carbocycles. The molecular weight excluding hydrogens is 236 g/mol. The second kappa shape index (κ2) is 5.28. The average Bonchev–Trinajstić information content (AvgIpc) is 2.78. The lowest BCUT2D eigenvalue weighted by atomic mass is 10.3. The zero-order chi connectivity index (χ0) is 13.0. The molecule has 0 atom stereocenters. The molecule has 2 N–H and O–H groups in total. The molecule has 0 fully saturated rings. The van der Waals surface area contributed by atoms with Crippen LogP contribution < -0.4 is 5.32 Å². The summed E-state index contributed by atoms with van der Waals surface area (Å²) in [4.78, 5) is 10.1. The number of nitro groups is 1. The van der Waals surface area contributed by atoms with Crippen molar-refractivity contribution >= 4 is 17.1 Å². The van der Waals surface area contributed by atoms with Crippen LogP contribution in [-0.2, 0) is 6.54 Å². The topological polar surface area (TPSA) is 93.2 Å². The molecule has 0 bridgehead atoms. The van der Waals surface area contributed by atoms with Gasteiger partial charge in [-0.05, 0) is 12.1 Å². The lowest BCUT2D eigenvalue weighted by Crippen LogP contribution is -2.01. The Morgan fingerprint density at radius 1 is 1.33 bits per heavy atom. The largest absolute Gasteiger partial charge is 0.394 e. The minimum Gasteiger partial charge on any atom is -0.394 e. The maximum Gasteiger partial charge on any atom is 0.269 e. The molecule has 0 unspecified atom stereocenters. The van der Waals surface area contributed by atoms with E-state index in [-0.39, 0.29) is 12.3 Å². The monoisotopic (exact) mass is 248 g/mol. The average molecular weight is 248 g/mol. The SMILES string of the molecule is O=[N+]([O-])c1ccc(Nc2cnn(CCO)c2)cc1. The third kappa shape index (κ3) is 2.83. The predicted octanol–water partition coefficient (Wildman–Crippen LogP) is 1.53. The van der Waals surface area contributed by atoms with Crippen molar-refractivity contribution in [2.75, 3.05) is 11.9 Å². The van der Waals surface area contributed by atoms with Crippen molar-refractivity contribution < 1.29 is 10.0 Å². The number of aromatic nitrogens is 2. The van der Waals surface area contributed by atoms with Crippen LogP contribution in [0, 0.1) is 10.1 Å². The Labute approximate surface area is 103 Å². The van der Waals surface area contributed by atoms with E-state index in [1.165, 1.54) is 12.1 Å². The molecule has 7 heteroatoms. The Balaban J connectivity index is 2.06. The quantitative estimate of drug-likeness (QED) is 0.618. The number of aliphatic hydroxyl groups excluding tert-OH is 1. The minimum absolute atomic E-state index is 0.0264. The van der Waals surface area contributed by atoms with Gasteiger partial charge in [-0.1, -0.05) is 0 Å². The highest BCUT2D eigenvalue weighted by atomic mass is 16.6. The summed E-state index contributed by atoms with van der Waals surface area (Å²) in [6, 6.07) is 6.12. The van der Waals surface area contributed by atoms with E-state index in [0.29, 0.717) is 6.54 Å². The molecule has 2 aromatic rings. The summed E-state index contributed by atoms with van der Waals surface area (Å²) in [6.07, 6.45) is 3.37. The fraction of sp³-hybridized carbons (Fsp3) is 0.182. The lowest BCUT2D eigenvalue weighted by Gasteiger charge is -2.02. The van der Waals surface area contributed by atoms with Crippen LogP contribution in [0.15, 0.2) is 36.7 Å². The highest BCUT2D eigenvalue weighted by molar-refractivity contribution is 5.59. The Hall–Kier alpha value is -2.41. The Bertz CT molecular complexity index is 535. The predicted molar refractivity (Wildman–Crippen MR) is 65.7 cm³/mol. The summed E-state index contributed by atoms with van der Waals surface area (Å²) < 4.78 is 1.60. The molecule has 7 nitrogen and oxygen atoms in total. The van der Waals surface area contributed by atoms with Gasteiger partial charge in [0, 0.05) is 24.0 Å². The van der Waals surface area contributed by atoms with Crippen molar-refractivity contribution in [3.63, 3.8) is 0 Å². The van der Waals surface area contributed by atoms with Crippen LogP contribution in [0.3, 0.4) is 0 Å². The van der Waals surface area contributed by atoms with Crippen molar-refractivity contribution in [3.05, 3.63) is 46.8 Å². The van der Waals surface area contributed by atoms with Crippen LogP contribution in [0.1, 0.15) is 0 Å². The number of hydrogen-bond donors (Lipinski definition) is 2. The summed E-state index contributed by atoms with van der Waals surface area (Å²) in [6.45, 7) is 0.459. The zero-order valence-electron chi connectivity index (χ0n) is 9.48. The van der Waals surface area contributed by atoms with E-state index in [1.807, 2.05) is 0 Å². The number of aliphatic hydroxyl groups is 1. The molecule has 2 rings (SSSR count).